The third-order valence-electron chi connectivity index (χ3n) is 2.92. The minimum absolute atomic E-state index is 0.269. The number of ether oxygens (including phenoxy) is 1. The van der Waals surface area contributed by atoms with Crippen LogP contribution in [0.25, 0.3) is 0 Å². The van der Waals surface area contributed by atoms with Gasteiger partial charge < -0.3 is 20.1 Å². The van der Waals surface area contributed by atoms with Crippen molar-refractivity contribution >= 4 is 0 Å². The highest BCUT2D eigenvalue weighted by Crippen LogP contribution is 2.20. The fraction of sp³-hybridized carbons (Fsp3) is 0.692. The Morgan fingerprint density at radius 3 is 2.76 bits per heavy atom. The monoisotopic (exact) mass is 242 g/mol. The van der Waals surface area contributed by atoms with Gasteiger partial charge in [0.2, 0.25) is 0 Å². The van der Waals surface area contributed by atoms with E-state index in [1.54, 1.807) is 12.2 Å². The number of allylic oxidation sites excluding steroid dienone is 1. The molecule has 0 radical (unpaired) electrons. The number of rotatable bonds is 2. The molecule has 0 saturated heterocycles. The number of aliphatic hydroxyl groups is 3. The molecule has 98 valence electrons. The van der Waals surface area contributed by atoms with Crippen molar-refractivity contribution in [3.63, 3.8) is 0 Å². The van der Waals surface area contributed by atoms with Gasteiger partial charge in [-0.25, -0.2) is 0 Å². The molecule has 0 bridgehead atoms. The molecule has 0 aromatic carbocycles. The van der Waals surface area contributed by atoms with Gasteiger partial charge in [-0.3, -0.25) is 0 Å². The average Bonchev–Trinajstić information content (AvgIpc) is 2.31. The summed E-state index contributed by atoms with van der Waals surface area (Å²) in [5, 5.41) is 29.4. The summed E-state index contributed by atoms with van der Waals surface area (Å²) in [6.45, 7) is 5.64. The van der Waals surface area contributed by atoms with Crippen LogP contribution in [0.2, 0.25) is 0 Å². The molecule has 0 aromatic heterocycles. The van der Waals surface area contributed by atoms with E-state index in [1.807, 2.05) is 6.92 Å². The average molecular weight is 242 g/mol. The van der Waals surface area contributed by atoms with E-state index in [0.717, 1.165) is 6.42 Å². The first-order valence-electron chi connectivity index (χ1n) is 6.12. The van der Waals surface area contributed by atoms with Crippen LogP contribution in [0.5, 0.6) is 0 Å². The van der Waals surface area contributed by atoms with Crippen LogP contribution in [0.3, 0.4) is 0 Å². The SMILES string of the molecule is C=C1OC(CCC)C(O)C(O)C=CCCC1O. The Hall–Kier alpha value is -0.840. The summed E-state index contributed by atoms with van der Waals surface area (Å²) in [7, 11) is 0. The molecule has 0 spiro atoms. The summed E-state index contributed by atoms with van der Waals surface area (Å²) < 4.78 is 5.47. The molecular weight excluding hydrogens is 220 g/mol. The quantitative estimate of drug-likeness (QED) is 0.635. The van der Waals surface area contributed by atoms with E-state index in [0.29, 0.717) is 19.3 Å². The lowest BCUT2D eigenvalue weighted by Crippen LogP contribution is -2.39. The lowest BCUT2D eigenvalue weighted by atomic mass is 10.0. The van der Waals surface area contributed by atoms with Gasteiger partial charge in [0, 0.05) is 0 Å². The van der Waals surface area contributed by atoms with E-state index < -0.39 is 24.4 Å². The zero-order valence-corrected chi connectivity index (χ0v) is 10.2. The van der Waals surface area contributed by atoms with Crippen molar-refractivity contribution in [2.24, 2.45) is 0 Å². The molecule has 0 aromatic rings. The first-order valence-corrected chi connectivity index (χ1v) is 6.12. The number of aliphatic hydroxyl groups excluding tert-OH is 3. The second-order valence-electron chi connectivity index (χ2n) is 4.41. The predicted molar refractivity (Wildman–Crippen MR) is 65.3 cm³/mol. The van der Waals surface area contributed by atoms with E-state index in [2.05, 4.69) is 6.58 Å². The van der Waals surface area contributed by atoms with Crippen LogP contribution in [-0.2, 0) is 4.74 Å². The summed E-state index contributed by atoms with van der Waals surface area (Å²) in [6, 6.07) is 0. The summed E-state index contributed by atoms with van der Waals surface area (Å²) >= 11 is 0. The molecule has 4 heteroatoms. The third-order valence-corrected chi connectivity index (χ3v) is 2.92. The molecule has 1 heterocycles. The molecule has 0 aliphatic carbocycles. The normalized spacial score (nSPS) is 35.4. The van der Waals surface area contributed by atoms with Gasteiger partial charge in [-0.05, 0) is 19.3 Å². The molecule has 4 unspecified atom stereocenters. The summed E-state index contributed by atoms with van der Waals surface area (Å²) in [6.07, 6.45) is 2.70. The molecule has 1 rings (SSSR count). The smallest absolute Gasteiger partial charge is 0.127 e. The third kappa shape index (κ3) is 4.15. The Morgan fingerprint density at radius 2 is 2.12 bits per heavy atom. The lowest BCUT2D eigenvalue weighted by molar-refractivity contribution is -0.0706. The highest BCUT2D eigenvalue weighted by Gasteiger charge is 2.28. The zero-order valence-electron chi connectivity index (χ0n) is 10.2. The highest BCUT2D eigenvalue weighted by atomic mass is 16.5. The van der Waals surface area contributed by atoms with E-state index in [-0.39, 0.29) is 5.76 Å². The summed E-state index contributed by atoms with van der Waals surface area (Å²) in [4.78, 5) is 0. The molecule has 0 amide bonds. The minimum Gasteiger partial charge on any atom is -0.490 e. The molecule has 0 fully saturated rings. The predicted octanol–water partition coefficient (Wildman–Crippen LogP) is 1.12. The van der Waals surface area contributed by atoms with Crippen molar-refractivity contribution in [2.75, 3.05) is 0 Å². The fourth-order valence-electron chi connectivity index (χ4n) is 1.84. The molecule has 1 aliphatic rings. The Balaban J connectivity index is 2.80. The Labute approximate surface area is 102 Å². The van der Waals surface area contributed by atoms with Crippen LogP contribution in [0.1, 0.15) is 32.6 Å². The van der Waals surface area contributed by atoms with Gasteiger partial charge in [-0.2, -0.15) is 0 Å². The van der Waals surface area contributed by atoms with E-state index in [9.17, 15) is 15.3 Å². The second kappa shape index (κ2) is 6.79. The largest absolute Gasteiger partial charge is 0.490 e. The van der Waals surface area contributed by atoms with Gasteiger partial charge >= 0.3 is 0 Å². The Kier molecular flexibility index (Phi) is 5.68. The second-order valence-corrected chi connectivity index (χ2v) is 4.41. The van der Waals surface area contributed by atoms with Gasteiger partial charge in [0.1, 0.15) is 30.2 Å². The lowest BCUT2D eigenvalue weighted by Gasteiger charge is -2.29. The van der Waals surface area contributed by atoms with Gasteiger partial charge in [-0.15, -0.1) is 0 Å². The van der Waals surface area contributed by atoms with Crippen LogP contribution < -0.4 is 0 Å². The standard InChI is InChI=1S/C13H22O4/c1-3-6-12-13(16)11(15)8-5-4-7-10(14)9(2)17-12/h5,8,10-16H,2-4,6-7H2,1H3. The van der Waals surface area contributed by atoms with Crippen molar-refractivity contribution in [3.8, 4) is 0 Å². The van der Waals surface area contributed by atoms with E-state index >= 15 is 0 Å². The van der Waals surface area contributed by atoms with Crippen molar-refractivity contribution in [2.45, 2.75) is 57.0 Å². The van der Waals surface area contributed by atoms with Crippen LogP contribution in [0, 0.1) is 0 Å². The molecule has 4 atom stereocenters. The van der Waals surface area contributed by atoms with Crippen molar-refractivity contribution in [1.82, 2.24) is 0 Å². The van der Waals surface area contributed by atoms with Gasteiger partial charge in [0.25, 0.3) is 0 Å². The van der Waals surface area contributed by atoms with Crippen molar-refractivity contribution in [3.05, 3.63) is 24.5 Å². The molecule has 1 aliphatic heterocycles. The van der Waals surface area contributed by atoms with Crippen LogP contribution in [-0.4, -0.2) is 39.7 Å². The summed E-state index contributed by atoms with van der Waals surface area (Å²) in [5.74, 6) is 0.269. The Morgan fingerprint density at radius 1 is 1.41 bits per heavy atom. The molecule has 0 saturated carbocycles. The minimum atomic E-state index is -0.992. The molecule has 4 nitrogen and oxygen atoms in total. The van der Waals surface area contributed by atoms with Crippen LogP contribution >= 0.6 is 0 Å². The Bertz CT molecular complexity index is 275. The number of hydrogen-bond donors (Lipinski definition) is 3. The van der Waals surface area contributed by atoms with Crippen LogP contribution in [0.15, 0.2) is 24.5 Å². The topological polar surface area (TPSA) is 69.9 Å². The molecule has 17 heavy (non-hydrogen) atoms. The van der Waals surface area contributed by atoms with Gasteiger partial charge in [0.15, 0.2) is 0 Å². The van der Waals surface area contributed by atoms with E-state index in [1.165, 1.54) is 0 Å². The zero-order chi connectivity index (χ0) is 12.8. The fourth-order valence-corrected chi connectivity index (χ4v) is 1.84. The van der Waals surface area contributed by atoms with Crippen molar-refractivity contribution in [1.29, 1.82) is 0 Å². The van der Waals surface area contributed by atoms with Gasteiger partial charge in [-0.1, -0.05) is 32.1 Å². The first-order chi connectivity index (χ1) is 8.06. The highest BCUT2D eigenvalue weighted by molar-refractivity contribution is 5.01. The van der Waals surface area contributed by atoms with Crippen LogP contribution in [0.4, 0.5) is 0 Å². The maximum absolute atomic E-state index is 9.95. The molecule has 3 N–H and O–H groups in total. The van der Waals surface area contributed by atoms with E-state index in [4.69, 9.17) is 4.74 Å². The summed E-state index contributed by atoms with van der Waals surface area (Å²) in [5.41, 5.74) is 0. The number of hydrogen-bond acceptors (Lipinski definition) is 4. The molecular formula is C13H22O4. The van der Waals surface area contributed by atoms with Crippen molar-refractivity contribution < 1.29 is 20.1 Å². The maximum atomic E-state index is 9.95. The van der Waals surface area contributed by atoms with Gasteiger partial charge in [0.05, 0.1) is 0 Å². The maximum Gasteiger partial charge on any atom is 0.127 e. The first kappa shape index (κ1) is 14.2.